The molecule has 0 bridgehead atoms. The number of rotatable bonds is 11. The summed E-state index contributed by atoms with van der Waals surface area (Å²) >= 11 is 0. The second-order valence-corrected chi connectivity index (χ2v) is 6.01. The summed E-state index contributed by atoms with van der Waals surface area (Å²) in [5.41, 5.74) is 17.2. The number of unbranched alkanes of at least 4 members (excludes halogenated alkanes) is 1. The van der Waals surface area contributed by atoms with Gasteiger partial charge in [-0.05, 0) is 49.9 Å². The van der Waals surface area contributed by atoms with Crippen molar-refractivity contribution in [1.82, 2.24) is 10.6 Å². The van der Waals surface area contributed by atoms with Crippen LogP contribution in [-0.2, 0) is 20.8 Å². The molecule has 0 radical (unpaired) electrons. The highest BCUT2D eigenvalue weighted by Crippen LogP contribution is 2.11. The molecule has 0 aliphatic heterocycles. The molecule has 1 aromatic rings. The Labute approximate surface area is 152 Å². The third kappa shape index (κ3) is 7.95. The van der Waals surface area contributed by atoms with E-state index in [1.807, 2.05) is 0 Å². The fourth-order valence-corrected chi connectivity index (χ4v) is 2.32. The molecule has 9 nitrogen and oxygen atoms in total. The maximum absolute atomic E-state index is 12.3. The van der Waals surface area contributed by atoms with Crippen molar-refractivity contribution in [2.24, 2.45) is 17.2 Å². The molecule has 3 amide bonds. The first-order valence-corrected chi connectivity index (χ1v) is 8.43. The van der Waals surface area contributed by atoms with Crippen LogP contribution in [0.1, 0.15) is 24.8 Å². The molecule has 0 heterocycles. The molecule has 0 unspecified atom stereocenters. The largest absolute Gasteiger partial charge is 0.508 e. The first-order valence-electron chi connectivity index (χ1n) is 8.43. The van der Waals surface area contributed by atoms with Gasteiger partial charge in [0.15, 0.2) is 0 Å². The van der Waals surface area contributed by atoms with Gasteiger partial charge in [0.05, 0.1) is 12.6 Å². The van der Waals surface area contributed by atoms with Crippen molar-refractivity contribution in [3.05, 3.63) is 29.8 Å². The van der Waals surface area contributed by atoms with Crippen LogP contribution < -0.4 is 27.8 Å². The van der Waals surface area contributed by atoms with Gasteiger partial charge in [0.1, 0.15) is 11.8 Å². The summed E-state index contributed by atoms with van der Waals surface area (Å²) in [5, 5.41) is 14.3. The first-order chi connectivity index (χ1) is 12.3. The Morgan fingerprint density at radius 1 is 1.08 bits per heavy atom. The van der Waals surface area contributed by atoms with Crippen molar-refractivity contribution >= 4 is 17.7 Å². The number of carbonyl (C=O) groups excluding carboxylic acids is 3. The van der Waals surface area contributed by atoms with Gasteiger partial charge in [-0.25, -0.2) is 0 Å². The van der Waals surface area contributed by atoms with Gasteiger partial charge in [0.25, 0.3) is 0 Å². The number of benzene rings is 1. The molecular formula is C17H27N5O4. The molecule has 0 spiro atoms. The standard InChI is InChI=1S/C17H27N5O4/c18-8-2-1-3-14(17(26)21-10-15(20)24)22-16(25)13(19)9-11-4-6-12(23)7-5-11/h4-7,13-14,23H,1-3,8-10,18-19H2,(H2,20,24)(H,21,26)(H,22,25)/t13-,14+/m0/s1. The van der Waals surface area contributed by atoms with E-state index >= 15 is 0 Å². The molecule has 144 valence electrons. The SMILES string of the molecule is NCCCC[C@@H](NC(=O)[C@@H](N)Cc1ccc(O)cc1)C(=O)NCC(N)=O. The first kappa shape index (κ1) is 21.4. The quantitative estimate of drug-likeness (QED) is 0.260. The highest BCUT2D eigenvalue weighted by atomic mass is 16.3. The Morgan fingerprint density at radius 3 is 2.31 bits per heavy atom. The summed E-state index contributed by atoms with van der Waals surface area (Å²) in [6.45, 7) is 0.172. The van der Waals surface area contributed by atoms with Gasteiger partial charge in [0, 0.05) is 0 Å². The molecule has 9 N–H and O–H groups in total. The Bertz CT molecular complexity index is 606. The highest BCUT2D eigenvalue weighted by Gasteiger charge is 2.23. The van der Waals surface area contributed by atoms with Gasteiger partial charge in [-0.3, -0.25) is 14.4 Å². The summed E-state index contributed by atoms with van der Waals surface area (Å²) in [6, 6.07) is 4.67. The molecular weight excluding hydrogens is 338 g/mol. The van der Waals surface area contributed by atoms with Crippen molar-refractivity contribution in [3.63, 3.8) is 0 Å². The third-order valence-corrected chi connectivity index (χ3v) is 3.75. The van der Waals surface area contributed by atoms with Crippen molar-refractivity contribution in [3.8, 4) is 5.75 Å². The summed E-state index contributed by atoms with van der Waals surface area (Å²) in [6.07, 6.45) is 1.97. The molecule has 1 rings (SSSR count). The van der Waals surface area contributed by atoms with Gasteiger partial charge in [-0.2, -0.15) is 0 Å². The molecule has 0 saturated heterocycles. The van der Waals surface area contributed by atoms with E-state index in [9.17, 15) is 19.5 Å². The normalized spacial score (nSPS) is 12.8. The molecule has 0 aliphatic carbocycles. The topological polar surface area (TPSA) is 174 Å². The lowest BCUT2D eigenvalue weighted by molar-refractivity contribution is -0.130. The lowest BCUT2D eigenvalue weighted by atomic mass is 10.0. The van der Waals surface area contributed by atoms with Crippen LogP contribution in [0, 0.1) is 0 Å². The van der Waals surface area contributed by atoms with Crippen LogP contribution in [-0.4, -0.2) is 48.0 Å². The number of phenolic OH excluding ortho intramolecular Hbond substituents is 1. The van der Waals surface area contributed by atoms with Crippen LogP contribution >= 0.6 is 0 Å². The van der Waals surface area contributed by atoms with E-state index in [1.54, 1.807) is 12.1 Å². The molecule has 26 heavy (non-hydrogen) atoms. The monoisotopic (exact) mass is 365 g/mol. The minimum absolute atomic E-state index is 0.123. The second kappa shape index (κ2) is 11.1. The molecule has 0 saturated carbocycles. The minimum atomic E-state index is -0.861. The van der Waals surface area contributed by atoms with Crippen molar-refractivity contribution in [1.29, 1.82) is 0 Å². The van der Waals surface area contributed by atoms with Gasteiger partial charge >= 0.3 is 0 Å². The van der Waals surface area contributed by atoms with E-state index in [-0.39, 0.29) is 18.7 Å². The Balaban J connectivity index is 2.64. The van der Waals surface area contributed by atoms with Gasteiger partial charge in [-0.15, -0.1) is 0 Å². The Morgan fingerprint density at radius 2 is 1.73 bits per heavy atom. The summed E-state index contributed by atoms with van der Waals surface area (Å²) < 4.78 is 0. The minimum Gasteiger partial charge on any atom is -0.508 e. The summed E-state index contributed by atoms with van der Waals surface area (Å²) in [7, 11) is 0. The maximum atomic E-state index is 12.3. The third-order valence-electron chi connectivity index (χ3n) is 3.75. The second-order valence-electron chi connectivity index (χ2n) is 6.01. The summed E-state index contributed by atoms with van der Waals surface area (Å²) in [4.78, 5) is 35.3. The number of amides is 3. The number of hydrogen-bond donors (Lipinski definition) is 6. The van der Waals surface area contributed by atoms with Gasteiger partial charge < -0.3 is 32.9 Å². The highest BCUT2D eigenvalue weighted by molar-refractivity contribution is 5.91. The van der Waals surface area contributed by atoms with Gasteiger partial charge in [-0.1, -0.05) is 12.1 Å². The fourth-order valence-electron chi connectivity index (χ4n) is 2.32. The summed E-state index contributed by atoms with van der Waals surface area (Å²) in [5.74, 6) is -1.52. The number of hydrogen-bond acceptors (Lipinski definition) is 6. The number of nitrogens with two attached hydrogens (primary N) is 3. The van der Waals surface area contributed by atoms with Crippen molar-refractivity contribution in [2.45, 2.75) is 37.8 Å². The number of primary amides is 1. The van der Waals surface area contributed by atoms with E-state index in [0.29, 0.717) is 25.8 Å². The number of phenols is 1. The number of carbonyl (C=O) groups is 3. The lowest BCUT2D eigenvalue weighted by Crippen LogP contribution is -2.53. The van der Waals surface area contributed by atoms with Crippen LogP contribution in [0.15, 0.2) is 24.3 Å². The predicted molar refractivity (Wildman–Crippen MR) is 96.8 cm³/mol. The fraction of sp³-hybridized carbons (Fsp3) is 0.471. The molecule has 0 aromatic heterocycles. The van der Waals surface area contributed by atoms with E-state index in [1.165, 1.54) is 12.1 Å². The van der Waals surface area contributed by atoms with Crippen molar-refractivity contribution in [2.75, 3.05) is 13.1 Å². The molecule has 2 atom stereocenters. The van der Waals surface area contributed by atoms with E-state index in [0.717, 1.165) is 5.56 Å². The van der Waals surface area contributed by atoms with E-state index < -0.39 is 29.8 Å². The number of nitrogens with one attached hydrogen (secondary N) is 2. The molecule has 9 heteroatoms. The van der Waals surface area contributed by atoms with E-state index in [4.69, 9.17) is 17.2 Å². The molecule has 0 fully saturated rings. The van der Waals surface area contributed by atoms with Crippen molar-refractivity contribution < 1.29 is 19.5 Å². The van der Waals surface area contributed by atoms with Gasteiger partial charge in [0.2, 0.25) is 17.7 Å². The van der Waals surface area contributed by atoms with E-state index in [2.05, 4.69) is 10.6 Å². The zero-order chi connectivity index (χ0) is 19.5. The van der Waals surface area contributed by atoms with Crippen LogP contribution in [0.25, 0.3) is 0 Å². The average Bonchev–Trinajstić information content (AvgIpc) is 2.60. The average molecular weight is 365 g/mol. The Kier molecular flexibility index (Phi) is 9.10. The predicted octanol–water partition coefficient (Wildman–Crippen LogP) is -1.52. The van der Waals surface area contributed by atoms with Crippen LogP contribution in [0.3, 0.4) is 0 Å². The molecule has 1 aromatic carbocycles. The number of aromatic hydroxyl groups is 1. The smallest absolute Gasteiger partial charge is 0.243 e. The molecule has 0 aliphatic rings. The lowest BCUT2D eigenvalue weighted by Gasteiger charge is -2.20. The van der Waals surface area contributed by atoms with Crippen LogP contribution in [0.2, 0.25) is 0 Å². The zero-order valence-corrected chi connectivity index (χ0v) is 14.6. The van der Waals surface area contributed by atoms with Crippen LogP contribution in [0.5, 0.6) is 5.75 Å². The maximum Gasteiger partial charge on any atom is 0.243 e. The van der Waals surface area contributed by atoms with Crippen LogP contribution in [0.4, 0.5) is 0 Å². The zero-order valence-electron chi connectivity index (χ0n) is 14.6. The Hall–Kier alpha value is -2.65.